The van der Waals surface area contributed by atoms with Gasteiger partial charge in [0.2, 0.25) is 0 Å². The molecule has 0 saturated carbocycles. The van der Waals surface area contributed by atoms with E-state index in [1.807, 2.05) is 0 Å². The molecule has 2 unspecified atom stereocenters. The van der Waals surface area contributed by atoms with Crippen molar-refractivity contribution in [2.75, 3.05) is 13.7 Å². The molecule has 1 aliphatic rings. The first-order valence-electron chi connectivity index (χ1n) is 5.33. The van der Waals surface area contributed by atoms with Crippen LogP contribution in [-0.2, 0) is 9.47 Å². The van der Waals surface area contributed by atoms with Gasteiger partial charge in [0.25, 0.3) is 0 Å². The van der Waals surface area contributed by atoms with Crippen molar-refractivity contribution >= 4 is 0 Å². The van der Waals surface area contributed by atoms with E-state index in [2.05, 4.69) is 0 Å². The average Bonchev–Trinajstić information content (AvgIpc) is 2.28. The minimum atomic E-state index is -0.446. The van der Waals surface area contributed by atoms with E-state index in [-0.39, 0.29) is 18.0 Å². The monoisotopic (exact) mass is 226 g/mol. The Hall–Kier alpha value is -1.13. The van der Waals surface area contributed by atoms with Crippen LogP contribution in [0.2, 0.25) is 0 Å². The third kappa shape index (κ3) is 2.51. The van der Waals surface area contributed by atoms with Crippen molar-refractivity contribution in [3.05, 3.63) is 29.6 Å². The average molecular weight is 226 g/mol. The largest absolute Gasteiger partial charge is 0.508 e. The van der Waals surface area contributed by atoms with Gasteiger partial charge < -0.3 is 14.6 Å². The molecular weight excluding hydrogens is 211 g/mol. The lowest BCUT2D eigenvalue weighted by atomic mass is 9.99. The first kappa shape index (κ1) is 11.4. The van der Waals surface area contributed by atoms with E-state index >= 15 is 0 Å². The summed E-state index contributed by atoms with van der Waals surface area (Å²) in [6, 6.07) is 4.01. The van der Waals surface area contributed by atoms with Crippen LogP contribution in [0.5, 0.6) is 5.75 Å². The summed E-state index contributed by atoms with van der Waals surface area (Å²) in [5.74, 6) is -0.517. The quantitative estimate of drug-likeness (QED) is 0.841. The van der Waals surface area contributed by atoms with Gasteiger partial charge in [0.15, 0.2) is 0 Å². The zero-order valence-corrected chi connectivity index (χ0v) is 9.15. The number of ether oxygens (including phenoxy) is 2. The Morgan fingerprint density at radius 1 is 1.44 bits per heavy atom. The number of hydrogen-bond acceptors (Lipinski definition) is 3. The van der Waals surface area contributed by atoms with Crippen LogP contribution in [-0.4, -0.2) is 24.9 Å². The molecule has 0 aromatic heterocycles. The van der Waals surface area contributed by atoms with Gasteiger partial charge >= 0.3 is 0 Å². The number of phenols is 1. The summed E-state index contributed by atoms with van der Waals surface area (Å²) < 4.78 is 23.9. The summed E-state index contributed by atoms with van der Waals surface area (Å²) in [4.78, 5) is 0. The van der Waals surface area contributed by atoms with Gasteiger partial charge in [0.05, 0.1) is 12.2 Å². The Labute approximate surface area is 93.8 Å². The van der Waals surface area contributed by atoms with Crippen molar-refractivity contribution in [2.24, 2.45) is 0 Å². The Morgan fingerprint density at radius 3 is 2.94 bits per heavy atom. The number of benzene rings is 1. The molecule has 16 heavy (non-hydrogen) atoms. The van der Waals surface area contributed by atoms with Crippen LogP contribution in [0.15, 0.2) is 18.2 Å². The minimum absolute atomic E-state index is 0.0712. The lowest BCUT2D eigenvalue weighted by molar-refractivity contribution is -0.0600. The van der Waals surface area contributed by atoms with E-state index < -0.39 is 5.82 Å². The Balaban J connectivity index is 2.16. The van der Waals surface area contributed by atoms with Crippen molar-refractivity contribution in [3.63, 3.8) is 0 Å². The molecule has 88 valence electrons. The van der Waals surface area contributed by atoms with Gasteiger partial charge in [-0.05, 0) is 24.1 Å². The van der Waals surface area contributed by atoms with Gasteiger partial charge in [0, 0.05) is 26.2 Å². The number of halogens is 1. The Kier molecular flexibility index (Phi) is 3.41. The second-order valence-corrected chi connectivity index (χ2v) is 3.98. The third-order valence-electron chi connectivity index (χ3n) is 2.85. The first-order chi connectivity index (χ1) is 7.69. The maximum absolute atomic E-state index is 13.1. The van der Waals surface area contributed by atoms with Crippen LogP contribution in [0.1, 0.15) is 24.5 Å². The molecule has 0 amide bonds. The maximum atomic E-state index is 13.1. The smallest absolute Gasteiger partial charge is 0.127 e. The van der Waals surface area contributed by atoms with E-state index in [1.165, 1.54) is 12.1 Å². The third-order valence-corrected chi connectivity index (χ3v) is 2.85. The van der Waals surface area contributed by atoms with Crippen molar-refractivity contribution in [1.29, 1.82) is 0 Å². The van der Waals surface area contributed by atoms with E-state index in [0.717, 1.165) is 12.5 Å². The molecule has 1 fully saturated rings. The van der Waals surface area contributed by atoms with E-state index in [0.29, 0.717) is 18.6 Å². The first-order valence-corrected chi connectivity index (χ1v) is 5.33. The van der Waals surface area contributed by atoms with Crippen LogP contribution in [0.25, 0.3) is 0 Å². The van der Waals surface area contributed by atoms with Gasteiger partial charge in [-0.3, -0.25) is 0 Å². The molecule has 3 nitrogen and oxygen atoms in total. The lowest BCUT2D eigenvalue weighted by Crippen LogP contribution is -2.25. The molecular formula is C12H15FO3. The van der Waals surface area contributed by atoms with Gasteiger partial charge in [-0.1, -0.05) is 0 Å². The fourth-order valence-corrected chi connectivity index (χ4v) is 1.99. The highest BCUT2D eigenvalue weighted by Gasteiger charge is 2.24. The van der Waals surface area contributed by atoms with Crippen molar-refractivity contribution in [3.8, 4) is 5.75 Å². The molecule has 1 N–H and O–H groups in total. The number of rotatable bonds is 2. The van der Waals surface area contributed by atoms with Crippen LogP contribution < -0.4 is 0 Å². The lowest BCUT2D eigenvalue weighted by Gasteiger charge is -2.29. The Bertz CT molecular complexity index is 347. The maximum Gasteiger partial charge on any atom is 0.127 e. The molecule has 4 heteroatoms. The molecule has 2 rings (SSSR count). The highest BCUT2D eigenvalue weighted by Crippen LogP contribution is 2.31. The van der Waals surface area contributed by atoms with Crippen molar-refractivity contribution < 1.29 is 19.0 Å². The minimum Gasteiger partial charge on any atom is -0.508 e. The predicted molar refractivity (Wildman–Crippen MR) is 56.8 cm³/mol. The van der Waals surface area contributed by atoms with E-state index in [4.69, 9.17) is 9.47 Å². The summed E-state index contributed by atoms with van der Waals surface area (Å²) in [6.07, 6.45) is 1.50. The van der Waals surface area contributed by atoms with Crippen LogP contribution in [0, 0.1) is 5.82 Å². The van der Waals surface area contributed by atoms with Crippen LogP contribution in [0.3, 0.4) is 0 Å². The van der Waals surface area contributed by atoms with E-state index in [9.17, 15) is 9.50 Å². The zero-order valence-electron chi connectivity index (χ0n) is 9.15. The van der Waals surface area contributed by atoms with Gasteiger partial charge in [0.1, 0.15) is 11.6 Å². The Morgan fingerprint density at radius 2 is 2.25 bits per heavy atom. The molecule has 1 saturated heterocycles. The van der Waals surface area contributed by atoms with Gasteiger partial charge in [-0.25, -0.2) is 4.39 Å². The molecule has 0 bridgehead atoms. The molecule has 0 spiro atoms. The summed E-state index contributed by atoms with van der Waals surface area (Å²) in [5.41, 5.74) is 0.666. The summed E-state index contributed by atoms with van der Waals surface area (Å²) in [6.45, 7) is 0.598. The standard InChI is InChI=1S/C12H15FO3/c1-15-11-2-3-16-12(7-11)8-4-9(13)6-10(14)5-8/h4-6,11-12,14H,2-3,7H2,1H3. The number of methoxy groups -OCH3 is 1. The molecule has 1 aromatic carbocycles. The zero-order chi connectivity index (χ0) is 11.5. The van der Waals surface area contributed by atoms with E-state index in [1.54, 1.807) is 7.11 Å². The van der Waals surface area contributed by atoms with Gasteiger partial charge in [-0.15, -0.1) is 0 Å². The summed E-state index contributed by atoms with van der Waals surface area (Å²) in [7, 11) is 1.66. The topological polar surface area (TPSA) is 38.7 Å². The van der Waals surface area contributed by atoms with Crippen molar-refractivity contribution in [1.82, 2.24) is 0 Å². The highest BCUT2D eigenvalue weighted by molar-refractivity contribution is 5.30. The number of phenolic OH excluding ortho intramolecular Hbond substituents is 1. The number of aromatic hydroxyl groups is 1. The molecule has 1 aliphatic heterocycles. The molecule has 0 aliphatic carbocycles. The SMILES string of the molecule is COC1CCOC(c2cc(O)cc(F)c2)C1. The summed E-state index contributed by atoms with van der Waals surface area (Å²) >= 11 is 0. The highest BCUT2D eigenvalue weighted by atomic mass is 19.1. The fourth-order valence-electron chi connectivity index (χ4n) is 1.99. The van der Waals surface area contributed by atoms with Crippen LogP contribution in [0.4, 0.5) is 4.39 Å². The molecule has 1 aromatic rings. The second kappa shape index (κ2) is 4.80. The molecule has 2 atom stereocenters. The van der Waals surface area contributed by atoms with Crippen molar-refractivity contribution in [2.45, 2.75) is 25.0 Å². The normalized spacial score (nSPS) is 25.6. The molecule has 0 radical (unpaired) electrons. The molecule has 1 heterocycles. The summed E-state index contributed by atoms with van der Waals surface area (Å²) in [5, 5.41) is 9.32. The van der Waals surface area contributed by atoms with Crippen LogP contribution >= 0.6 is 0 Å². The fraction of sp³-hybridized carbons (Fsp3) is 0.500. The van der Waals surface area contributed by atoms with Gasteiger partial charge in [-0.2, -0.15) is 0 Å². The second-order valence-electron chi connectivity index (χ2n) is 3.98. The predicted octanol–water partition coefficient (Wildman–Crippen LogP) is 2.40. The number of hydrogen-bond donors (Lipinski definition) is 1.